The molecule has 0 spiro atoms. The molecule has 0 radical (unpaired) electrons. The molecule has 0 saturated heterocycles. The number of nitrogens with one attached hydrogen (secondary N) is 2. The van der Waals surface area contributed by atoms with Gasteiger partial charge in [0.1, 0.15) is 0 Å². The van der Waals surface area contributed by atoms with Crippen LogP contribution in [-0.4, -0.2) is 22.3 Å². The van der Waals surface area contributed by atoms with Crippen molar-refractivity contribution in [2.45, 2.75) is 6.92 Å². The van der Waals surface area contributed by atoms with Crippen molar-refractivity contribution < 1.29 is 4.79 Å². The van der Waals surface area contributed by atoms with Gasteiger partial charge in [-0.15, -0.1) is 11.3 Å². The first-order valence-electron chi connectivity index (χ1n) is 7.38. The summed E-state index contributed by atoms with van der Waals surface area (Å²) in [7, 11) is 0. The number of H-pyrrole nitrogens is 1. The molecule has 24 heavy (non-hydrogen) atoms. The molecule has 1 aromatic carbocycles. The minimum absolute atomic E-state index is 0.306. The third kappa shape index (κ3) is 4.05. The standard InChI is InChI=1S/C18H16N4OS/c1-13(10-14-6-3-2-4-7-14)12-19-22-18(23)16-11-15(20-21-16)17-8-5-9-24-17/h2-12H,1H3,(H,20,21)(H,22,23)/b13-10+,19-12+. The number of hydrazone groups is 1. The van der Waals surface area contributed by atoms with Crippen LogP contribution in [0, 0.1) is 0 Å². The molecule has 1 amide bonds. The molecule has 3 aromatic rings. The van der Waals surface area contributed by atoms with E-state index in [0.717, 1.165) is 21.7 Å². The highest BCUT2D eigenvalue weighted by Crippen LogP contribution is 2.22. The minimum Gasteiger partial charge on any atom is -0.276 e. The number of hydrogen-bond acceptors (Lipinski definition) is 4. The molecule has 3 rings (SSSR count). The fraction of sp³-hybridized carbons (Fsp3) is 0.0556. The largest absolute Gasteiger partial charge is 0.291 e. The average molecular weight is 336 g/mol. The van der Waals surface area contributed by atoms with Crippen molar-refractivity contribution in [3.05, 3.63) is 70.7 Å². The van der Waals surface area contributed by atoms with Crippen LogP contribution in [0.1, 0.15) is 23.0 Å². The fourth-order valence-corrected chi connectivity index (χ4v) is 2.79. The second-order valence-electron chi connectivity index (χ2n) is 5.14. The van der Waals surface area contributed by atoms with Gasteiger partial charge in [0.2, 0.25) is 0 Å². The summed E-state index contributed by atoms with van der Waals surface area (Å²) >= 11 is 1.58. The predicted molar refractivity (Wildman–Crippen MR) is 98.0 cm³/mol. The Morgan fingerprint density at radius 1 is 1.25 bits per heavy atom. The Labute approximate surface area is 143 Å². The van der Waals surface area contributed by atoms with Crippen LogP contribution < -0.4 is 5.43 Å². The number of allylic oxidation sites excluding steroid dienone is 1. The van der Waals surface area contributed by atoms with Gasteiger partial charge in [0.05, 0.1) is 16.8 Å². The van der Waals surface area contributed by atoms with E-state index in [1.54, 1.807) is 23.6 Å². The lowest BCUT2D eigenvalue weighted by Gasteiger charge is -1.96. The zero-order valence-electron chi connectivity index (χ0n) is 13.1. The number of rotatable bonds is 5. The molecule has 0 atom stereocenters. The van der Waals surface area contributed by atoms with Gasteiger partial charge in [-0.05, 0) is 35.6 Å². The van der Waals surface area contributed by atoms with Gasteiger partial charge >= 0.3 is 0 Å². The van der Waals surface area contributed by atoms with E-state index in [9.17, 15) is 4.79 Å². The zero-order valence-corrected chi connectivity index (χ0v) is 13.9. The highest BCUT2D eigenvalue weighted by atomic mass is 32.1. The zero-order chi connectivity index (χ0) is 16.8. The molecular weight excluding hydrogens is 320 g/mol. The molecule has 0 unspecified atom stereocenters. The Morgan fingerprint density at radius 3 is 2.83 bits per heavy atom. The molecular formula is C18H16N4OS. The number of amides is 1. The number of carbonyl (C=O) groups is 1. The van der Waals surface area contributed by atoms with Crippen molar-refractivity contribution >= 4 is 29.5 Å². The van der Waals surface area contributed by atoms with E-state index in [-0.39, 0.29) is 5.91 Å². The third-order valence-electron chi connectivity index (χ3n) is 3.23. The van der Waals surface area contributed by atoms with Crippen molar-refractivity contribution in [2.24, 2.45) is 5.10 Å². The molecule has 0 aliphatic rings. The van der Waals surface area contributed by atoms with Crippen LogP contribution in [0.2, 0.25) is 0 Å². The van der Waals surface area contributed by atoms with Crippen molar-refractivity contribution in [2.75, 3.05) is 0 Å². The van der Waals surface area contributed by atoms with Crippen LogP contribution in [0.4, 0.5) is 0 Å². The Bertz CT molecular complexity index is 864. The van der Waals surface area contributed by atoms with Gasteiger partial charge in [0.15, 0.2) is 5.69 Å². The second-order valence-corrected chi connectivity index (χ2v) is 6.09. The molecule has 2 aromatic heterocycles. The molecule has 2 heterocycles. The molecule has 0 bridgehead atoms. The van der Waals surface area contributed by atoms with E-state index < -0.39 is 0 Å². The summed E-state index contributed by atoms with van der Waals surface area (Å²) < 4.78 is 0. The predicted octanol–water partition coefficient (Wildman–Crippen LogP) is 3.96. The maximum absolute atomic E-state index is 12.0. The van der Waals surface area contributed by atoms with Crippen LogP contribution in [0.3, 0.4) is 0 Å². The van der Waals surface area contributed by atoms with Gasteiger partial charge in [-0.2, -0.15) is 10.2 Å². The van der Waals surface area contributed by atoms with Crippen LogP contribution in [0.5, 0.6) is 0 Å². The van der Waals surface area contributed by atoms with Crippen LogP contribution >= 0.6 is 11.3 Å². The molecule has 0 fully saturated rings. The summed E-state index contributed by atoms with van der Waals surface area (Å²) in [6.45, 7) is 1.92. The monoisotopic (exact) mass is 336 g/mol. The Kier molecular flexibility index (Phi) is 4.98. The van der Waals surface area contributed by atoms with Crippen LogP contribution in [-0.2, 0) is 0 Å². The molecule has 0 saturated carbocycles. The van der Waals surface area contributed by atoms with E-state index in [2.05, 4.69) is 20.7 Å². The van der Waals surface area contributed by atoms with E-state index in [4.69, 9.17) is 0 Å². The molecule has 6 heteroatoms. The average Bonchev–Trinajstić information content (AvgIpc) is 3.27. The van der Waals surface area contributed by atoms with Gasteiger partial charge in [-0.3, -0.25) is 9.89 Å². The SMILES string of the molecule is CC(/C=N/NC(=O)c1cc(-c2cccs2)[nH]n1)=C\c1ccccc1. The quantitative estimate of drug-likeness (QED) is 0.547. The van der Waals surface area contributed by atoms with Gasteiger partial charge in [-0.25, -0.2) is 5.43 Å². The fourth-order valence-electron chi connectivity index (χ4n) is 2.10. The first-order valence-corrected chi connectivity index (χ1v) is 8.26. The normalized spacial score (nSPS) is 11.8. The van der Waals surface area contributed by atoms with E-state index in [1.165, 1.54) is 0 Å². The minimum atomic E-state index is -0.349. The molecule has 5 nitrogen and oxygen atoms in total. The number of aromatic nitrogens is 2. The third-order valence-corrected chi connectivity index (χ3v) is 4.13. The van der Waals surface area contributed by atoms with Crippen molar-refractivity contribution in [1.82, 2.24) is 15.6 Å². The topological polar surface area (TPSA) is 70.1 Å². The van der Waals surface area contributed by atoms with Gasteiger partial charge < -0.3 is 0 Å². The summed E-state index contributed by atoms with van der Waals surface area (Å²) in [5.74, 6) is -0.349. The molecule has 2 N–H and O–H groups in total. The lowest BCUT2D eigenvalue weighted by Crippen LogP contribution is -2.17. The number of thiophene rings is 1. The number of carbonyl (C=O) groups excluding carboxylic acids is 1. The first-order chi connectivity index (χ1) is 11.7. The van der Waals surface area contributed by atoms with Crippen molar-refractivity contribution in [3.8, 4) is 10.6 Å². The lowest BCUT2D eigenvalue weighted by molar-refractivity contribution is 0.0950. The highest BCUT2D eigenvalue weighted by molar-refractivity contribution is 7.13. The van der Waals surface area contributed by atoms with Gasteiger partial charge in [-0.1, -0.05) is 42.5 Å². The Hall–Kier alpha value is -2.99. The maximum atomic E-state index is 12.0. The highest BCUT2D eigenvalue weighted by Gasteiger charge is 2.10. The van der Waals surface area contributed by atoms with Crippen molar-refractivity contribution in [1.29, 1.82) is 0 Å². The Balaban J connectivity index is 1.60. The van der Waals surface area contributed by atoms with Crippen LogP contribution in [0.25, 0.3) is 16.6 Å². The molecule has 0 aliphatic heterocycles. The number of benzene rings is 1. The first kappa shape index (κ1) is 15.9. The van der Waals surface area contributed by atoms with E-state index in [1.807, 2.05) is 60.8 Å². The van der Waals surface area contributed by atoms with Crippen molar-refractivity contribution in [3.63, 3.8) is 0 Å². The summed E-state index contributed by atoms with van der Waals surface area (Å²) in [5.41, 5.74) is 5.63. The summed E-state index contributed by atoms with van der Waals surface area (Å²) in [5, 5.41) is 12.8. The summed E-state index contributed by atoms with van der Waals surface area (Å²) in [4.78, 5) is 13.1. The Morgan fingerprint density at radius 2 is 2.08 bits per heavy atom. The molecule has 0 aliphatic carbocycles. The van der Waals surface area contributed by atoms with Gasteiger partial charge in [0.25, 0.3) is 5.91 Å². The van der Waals surface area contributed by atoms with E-state index in [0.29, 0.717) is 5.69 Å². The van der Waals surface area contributed by atoms with E-state index >= 15 is 0 Å². The smallest absolute Gasteiger partial charge is 0.276 e. The second kappa shape index (κ2) is 7.52. The number of aromatic amines is 1. The molecule has 120 valence electrons. The maximum Gasteiger partial charge on any atom is 0.291 e. The van der Waals surface area contributed by atoms with Crippen LogP contribution in [0.15, 0.2) is 64.6 Å². The lowest BCUT2D eigenvalue weighted by atomic mass is 10.1. The number of hydrogen-bond donors (Lipinski definition) is 2. The van der Waals surface area contributed by atoms with Gasteiger partial charge in [0, 0.05) is 0 Å². The number of nitrogens with zero attached hydrogens (tertiary/aromatic N) is 2. The summed E-state index contributed by atoms with van der Waals surface area (Å²) in [6, 6.07) is 15.6. The summed E-state index contributed by atoms with van der Waals surface area (Å²) in [6.07, 6.45) is 3.59.